The average Bonchev–Trinajstić information content (AvgIpc) is 2.31. The van der Waals surface area contributed by atoms with Gasteiger partial charge in [-0.2, -0.15) is 0 Å². The van der Waals surface area contributed by atoms with Crippen LogP contribution in [-0.2, 0) is 4.79 Å². The van der Waals surface area contributed by atoms with E-state index in [0.717, 1.165) is 25.9 Å². The number of hydrogen-bond acceptors (Lipinski definition) is 3. The Hall–Kier alpha value is -0.120. The number of halogens is 1. The highest BCUT2D eigenvalue weighted by atomic mass is 35.5. The molecular weight excluding hydrogens is 236 g/mol. The van der Waals surface area contributed by atoms with E-state index in [0.29, 0.717) is 5.78 Å². The maximum Gasteiger partial charge on any atom is 0.141 e. The molecule has 0 saturated heterocycles. The number of hydrogen-bond donors (Lipinski definition) is 0. The number of ketones is 1. The minimum absolute atomic E-state index is 0. The number of Topliss-reactive ketones (excluding diaryl/α,β-unsaturated/α-hetero) is 1. The maximum atomic E-state index is 12.4. The molecule has 2 atom stereocenters. The van der Waals surface area contributed by atoms with E-state index in [1.54, 1.807) is 0 Å². The minimum Gasteiger partial charge on any atom is -0.309 e. The fourth-order valence-electron chi connectivity index (χ4n) is 2.64. The highest BCUT2D eigenvalue weighted by Gasteiger charge is 2.29. The fraction of sp³-hybridized carbons (Fsp3) is 0.923. The summed E-state index contributed by atoms with van der Waals surface area (Å²) in [6.45, 7) is 1.84. The van der Waals surface area contributed by atoms with Crippen molar-refractivity contribution in [3.63, 3.8) is 0 Å². The standard InChI is InChI=1S/C13H26N2O.ClH/c1-14(2)9-11-7-5-6-8-12(13(11)16)10-15(3)4;/h11-12H,5-10H2,1-4H3;1H. The van der Waals surface area contributed by atoms with Crippen molar-refractivity contribution in [2.75, 3.05) is 41.3 Å². The fourth-order valence-corrected chi connectivity index (χ4v) is 2.64. The molecule has 0 spiro atoms. The van der Waals surface area contributed by atoms with Crippen molar-refractivity contribution in [2.24, 2.45) is 11.8 Å². The molecule has 4 heteroatoms. The Balaban J connectivity index is 0.00000256. The summed E-state index contributed by atoms with van der Waals surface area (Å²) < 4.78 is 0. The summed E-state index contributed by atoms with van der Waals surface area (Å²) in [5.74, 6) is 1.03. The zero-order valence-electron chi connectivity index (χ0n) is 11.6. The van der Waals surface area contributed by atoms with Crippen LogP contribution in [0.4, 0.5) is 0 Å². The third-order valence-electron chi connectivity index (χ3n) is 3.33. The molecule has 0 amide bonds. The van der Waals surface area contributed by atoms with Gasteiger partial charge in [-0.3, -0.25) is 4.79 Å². The van der Waals surface area contributed by atoms with E-state index in [4.69, 9.17) is 0 Å². The van der Waals surface area contributed by atoms with Gasteiger partial charge in [0.2, 0.25) is 0 Å². The molecule has 17 heavy (non-hydrogen) atoms. The van der Waals surface area contributed by atoms with Gasteiger partial charge in [0.25, 0.3) is 0 Å². The Morgan fingerprint density at radius 2 is 1.29 bits per heavy atom. The smallest absolute Gasteiger partial charge is 0.141 e. The van der Waals surface area contributed by atoms with Crippen LogP contribution in [0.3, 0.4) is 0 Å². The van der Waals surface area contributed by atoms with E-state index < -0.39 is 0 Å². The first-order valence-electron chi connectivity index (χ1n) is 6.34. The highest BCUT2D eigenvalue weighted by molar-refractivity contribution is 5.85. The normalized spacial score (nSPS) is 25.9. The van der Waals surface area contributed by atoms with Crippen LogP contribution in [-0.4, -0.2) is 56.9 Å². The van der Waals surface area contributed by atoms with Gasteiger partial charge in [-0.25, -0.2) is 0 Å². The summed E-state index contributed by atoms with van der Waals surface area (Å²) in [6, 6.07) is 0. The van der Waals surface area contributed by atoms with E-state index >= 15 is 0 Å². The van der Waals surface area contributed by atoms with Crippen LogP contribution < -0.4 is 0 Å². The summed E-state index contributed by atoms with van der Waals surface area (Å²) in [7, 11) is 8.22. The Morgan fingerprint density at radius 1 is 0.941 bits per heavy atom. The third-order valence-corrected chi connectivity index (χ3v) is 3.33. The third kappa shape index (κ3) is 5.84. The molecule has 102 valence electrons. The molecule has 0 aromatic heterocycles. The molecule has 0 aromatic carbocycles. The average molecular weight is 263 g/mol. The predicted molar refractivity (Wildman–Crippen MR) is 74.8 cm³/mol. The number of rotatable bonds is 4. The van der Waals surface area contributed by atoms with Crippen molar-refractivity contribution < 1.29 is 4.79 Å². The largest absolute Gasteiger partial charge is 0.309 e. The molecule has 0 radical (unpaired) electrons. The van der Waals surface area contributed by atoms with Crippen LogP contribution in [0.15, 0.2) is 0 Å². The molecule has 1 saturated carbocycles. The molecule has 1 rings (SSSR count). The lowest BCUT2D eigenvalue weighted by Crippen LogP contribution is -2.35. The first-order chi connectivity index (χ1) is 7.50. The van der Waals surface area contributed by atoms with Gasteiger partial charge in [-0.05, 0) is 41.0 Å². The van der Waals surface area contributed by atoms with Crippen LogP contribution >= 0.6 is 12.4 Å². The first-order valence-corrected chi connectivity index (χ1v) is 6.34. The van der Waals surface area contributed by atoms with E-state index in [1.807, 2.05) is 0 Å². The zero-order chi connectivity index (χ0) is 12.1. The van der Waals surface area contributed by atoms with Crippen molar-refractivity contribution in [2.45, 2.75) is 25.7 Å². The van der Waals surface area contributed by atoms with Crippen molar-refractivity contribution in [1.82, 2.24) is 9.80 Å². The van der Waals surface area contributed by atoms with Gasteiger partial charge in [0, 0.05) is 24.9 Å². The van der Waals surface area contributed by atoms with E-state index in [-0.39, 0.29) is 24.2 Å². The van der Waals surface area contributed by atoms with Gasteiger partial charge in [0.15, 0.2) is 0 Å². The van der Waals surface area contributed by atoms with Crippen LogP contribution in [0.1, 0.15) is 25.7 Å². The summed E-state index contributed by atoms with van der Waals surface area (Å²) in [5, 5.41) is 0. The van der Waals surface area contributed by atoms with Gasteiger partial charge in [-0.15, -0.1) is 12.4 Å². The predicted octanol–water partition coefficient (Wildman–Crippen LogP) is 1.91. The molecule has 0 bridgehead atoms. The molecule has 0 aliphatic heterocycles. The Kier molecular flexibility index (Phi) is 8.01. The number of nitrogens with zero attached hydrogens (tertiary/aromatic N) is 2. The lowest BCUT2D eigenvalue weighted by molar-refractivity contribution is -0.127. The van der Waals surface area contributed by atoms with Crippen molar-refractivity contribution in [1.29, 1.82) is 0 Å². The first kappa shape index (κ1) is 16.9. The highest BCUT2D eigenvalue weighted by Crippen LogP contribution is 2.25. The molecule has 0 N–H and O–H groups in total. The van der Waals surface area contributed by atoms with E-state index in [2.05, 4.69) is 38.0 Å². The second kappa shape index (κ2) is 8.06. The van der Waals surface area contributed by atoms with Gasteiger partial charge < -0.3 is 9.80 Å². The van der Waals surface area contributed by atoms with Crippen molar-refractivity contribution in [3.05, 3.63) is 0 Å². The second-order valence-electron chi connectivity index (χ2n) is 5.61. The lowest BCUT2D eigenvalue weighted by Gasteiger charge is -2.23. The molecule has 1 aliphatic carbocycles. The molecule has 1 fully saturated rings. The Morgan fingerprint density at radius 3 is 1.59 bits per heavy atom. The monoisotopic (exact) mass is 262 g/mol. The zero-order valence-corrected chi connectivity index (χ0v) is 12.4. The van der Waals surface area contributed by atoms with Crippen LogP contribution in [0.25, 0.3) is 0 Å². The van der Waals surface area contributed by atoms with E-state index in [1.165, 1.54) is 12.8 Å². The lowest BCUT2D eigenvalue weighted by atomic mass is 9.91. The molecule has 2 unspecified atom stereocenters. The SMILES string of the molecule is CN(C)CC1CCCCC(CN(C)C)C1=O.Cl. The van der Waals surface area contributed by atoms with Crippen molar-refractivity contribution in [3.8, 4) is 0 Å². The van der Waals surface area contributed by atoms with E-state index in [9.17, 15) is 4.79 Å². The molecule has 1 aliphatic rings. The summed E-state index contributed by atoms with van der Waals surface area (Å²) >= 11 is 0. The summed E-state index contributed by atoms with van der Waals surface area (Å²) in [4.78, 5) is 16.6. The summed E-state index contributed by atoms with van der Waals surface area (Å²) in [5.41, 5.74) is 0. The van der Waals surface area contributed by atoms with Crippen LogP contribution in [0.5, 0.6) is 0 Å². The summed E-state index contributed by atoms with van der Waals surface area (Å²) in [6.07, 6.45) is 4.60. The van der Waals surface area contributed by atoms with Crippen LogP contribution in [0.2, 0.25) is 0 Å². The molecule has 0 heterocycles. The quantitative estimate of drug-likeness (QED) is 0.723. The Labute approximate surface area is 112 Å². The Bertz CT molecular complexity index is 209. The van der Waals surface area contributed by atoms with Gasteiger partial charge in [0.1, 0.15) is 5.78 Å². The van der Waals surface area contributed by atoms with Gasteiger partial charge in [-0.1, -0.05) is 12.8 Å². The number of carbonyl (C=O) groups is 1. The molecular formula is C13H27ClN2O. The van der Waals surface area contributed by atoms with Gasteiger partial charge in [0.05, 0.1) is 0 Å². The molecule has 0 aromatic rings. The topological polar surface area (TPSA) is 23.6 Å². The van der Waals surface area contributed by atoms with Gasteiger partial charge >= 0.3 is 0 Å². The molecule has 3 nitrogen and oxygen atoms in total. The minimum atomic E-state index is 0. The number of carbonyl (C=O) groups excluding carboxylic acids is 1. The second-order valence-corrected chi connectivity index (χ2v) is 5.61. The maximum absolute atomic E-state index is 12.4. The van der Waals surface area contributed by atoms with Crippen molar-refractivity contribution >= 4 is 18.2 Å². The van der Waals surface area contributed by atoms with Crippen LogP contribution in [0, 0.1) is 11.8 Å².